The zero-order valence-corrected chi connectivity index (χ0v) is 11.6. The van der Waals surface area contributed by atoms with Gasteiger partial charge in [-0.3, -0.25) is 0 Å². The summed E-state index contributed by atoms with van der Waals surface area (Å²) in [6, 6.07) is 0.298. The first-order valence-electron chi connectivity index (χ1n) is 7.30. The summed E-state index contributed by atoms with van der Waals surface area (Å²) in [5.74, 6) is 2.60. The van der Waals surface area contributed by atoms with Gasteiger partial charge in [0.05, 0.1) is 6.04 Å². The number of aliphatic imine (C=N–C) groups is 1. The summed E-state index contributed by atoms with van der Waals surface area (Å²) >= 11 is 0. The van der Waals surface area contributed by atoms with Crippen LogP contribution in [0.2, 0.25) is 0 Å². The van der Waals surface area contributed by atoms with Crippen LogP contribution in [-0.2, 0) is 13.0 Å². The Kier molecular flexibility index (Phi) is 3.44. The van der Waals surface area contributed by atoms with E-state index in [1.807, 2.05) is 12.4 Å². The second-order valence-electron chi connectivity index (χ2n) is 5.86. The van der Waals surface area contributed by atoms with Gasteiger partial charge in [-0.1, -0.05) is 6.92 Å². The molecule has 5 nitrogen and oxygen atoms in total. The Labute approximate surface area is 114 Å². The molecular formula is C14H23N5. The topological polar surface area (TPSA) is 59.4 Å². The lowest BCUT2D eigenvalue weighted by Crippen LogP contribution is -2.44. The van der Waals surface area contributed by atoms with Gasteiger partial charge in [-0.25, -0.2) is 9.98 Å². The second kappa shape index (κ2) is 5.23. The van der Waals surface area contributed by atoms with E-state index in [4.69, 9.17) is 10.7 Å². The van der Waals surface area contributed by atoms with Crippen molar-refractivity contribution in [3.63, 3.8) is 0 Å². The minimum absolute atomic E-state index is 0.298. The molecule has 2 unspecified atom stereocenters. The molecule has 0 amide bonds. The third-order valence-corrected chi connectivity index (χ3v) is 4.22. The molecule has 0 bridgehead atoms. The molecule has 1 aromatic rings. The van der Waals surface area contributed by atoms with Crippen molar-refractivity contribution in [3.05, 3.63) is 18.2 Å². The molecule has 3 heterocycles. The van der Waals surface area contributed by atoms with E-state index < -0.39 is 0 Å². The maximum Gasteiger partial charge on any atom is 0.191 e. The Balaban J connectivity index is 1.65. The van der Waals surface area contributed by atoms with Crippen LogP contribution in [0.15, 0.2) is 17.4 Å². The molecule has 19 heavy (non-hydrogen) atoms. The van der Waals surface area contributed by atoms with E-state index in [0.29, 0.717) is 6.04 Å². The van der Waals surface area contributed by atoms with Crippen molar-refractivity contribution in [3.8, 4) is 0 Å². The first kappa shape index (κ1) is 12.5. The normalized spacial score (nSPS) is 28.3. The maximum absolute atomic E-state index is 6.19. The van der Waals surface area contributed by atoms with Gasteiger partial charge < -0.3 is 15.2 Å². The largest absolute Gasteiger partial charge is 0.370 e. The highest BCUT2D eigenvalue weighted by molar-refractivity contribution is 5.78. The maximum atomic E-state index is 6.19. The predicted molar refractivity (Wildman–Crippen MR) is 75.9 cm³/mol. The second-order valence-corrected chi connectivity index (χ2v) is 5.86. The predicted octanol–water partition coefficient (Wildman–Crippen LogP) is 1.24. The monoisotopic (exact) mass is 261 g/mol. The molecule has 104 valence electrons. The Hall–Kier alpha value is -1.52. The van der Waals surface area contributed by atoms with Crippen LogP contribution in [0.5, 0.6) is 0 Å². The fourth-order valence-electron chi connectivity index (χ4n) is 3.11. The van der Waals surface area contributed by atoms with E-state index in [-0.39, 0.29) is 0 Å². The smallest absolute Gasteiger partial charge is 0.191 e. The molecule has 0 spiro atoms. The number of hydrogen-bond acceptors (Lipinski definition) is 2. The number of aryl methyl sites for hydroxylation is 1. The summed E-state index contributed by atoms with van der Waals surface area (Å²) in [6.45, 7) is 5.40. The van der Waals surface area contributed by atoms with Crippen LogP contribution in [0.3, 0.4) is 0 Å². The Bertz CT molecular complexity index is 464. The van der Waals surface area contributed by atoms with E-state index in [9.17, 15) is 0 Å². The number of piperidine rings is 1. The average molecular weight is 261 g/mol. The van der Waals surface area contributed by atoms with Crippen LogP contribution in [-0.4, -0.2) is 39.5 Å². The van der Waals surface area contributed by atoms with Crippen LogP contribution in [0.25, 0.3) is 0 Å². The van der Waals surface area contributed by atoms with Crippen LogP contribution in [0.4, 0.5) is 0 Å². The molecule has 0 aliphatic carbocycles. The van der Waals surface area contributed by atoms with Crippen LogP contribution < -0.4 is 5.73 Å². The average Bonchev–Trinajstić information content (AvgIpc) is 2.86. The highest BCUT2D eigenvalue weighted by Crippen LogP contribution is 2.18. The third-order valence-electron chi connectivity index (χ3n) is 4.22. The van der Waals surface area contributed by atoms with E-state index in [1.54, 1.807) is 0 Å². The number of likely N-dealkylation sites (tertiary alicyclic amines) is 1. The number of nitrogens with two attached hydrogens (primary N) is 1. The molecular weight excluding hydrogens is 238 g/mol. The minimum Gasteiger partial charge on any atom is -0.370 e. The SMILES string of the molecule is CC1CCCN(C(N)=NC2CCn3ccnc3C2)C1. The third kappa shape index (κ3) is 2.74. The van der Waals surface area contributed by atoms with Crippen molar-refractivity contribution in [2.75, 3.05) is 13.1 Å². The van der Waals surface area contributed by atoms with E-state index in [0.717, 1.165) is 50.2 Å². The Morgan fingerprint density at radius 3 is 3.16 bits per heavy atom. The number of rotatable bonds is 1. The fourth-order valence-corrected chi connectivity index (χ4v) is 3.11. The molecule has 2 N–H and O–H groups in total. The molecule has 1 fully saturated rings. The molecule has 0 saturated carbocycles. The summed E-state index contributed by atoms with van der Waals surface area (Å²) in [4.78, 5) is 11.4. The lowest BCUT2D eigenvalue weighted by atomic mass is 10.0. The highest BCUT2D eigenvalue weighted by atomic mass is 15.3. The van der Waals surface area contributed by atoms with Crippen LogP contribution in [0.1, 0.15) is 32.0 Å². The molecule has 2 atom stereocenters. The molecule has 0 radical (unpaired) electrons. The van der Waals surface area contributed by atoms with Gasteiger partial charge in [0.15, 0.2) is 5.96 Å². The van der Waals surface area contributed by atoms with Gasteiger partial charge in [0, 0.05) is 38.4 Å². The van der Waals surface area contributed by atoms with Gasteiger partial charge >= 0.3 is 0 Å². The van der Waals surface area contributed by atoms with Crippen molar-refractivity contribution >= 4 is 5.96 Å². The van der Waals surface area contributed by atoms with Crippen molar-refractivity contribution in [2.24, 2.45) is 16.6 Å². The number of fused-ring (bicyclic) bond motifs is 1. The summed E-state index contributed by atoms with van der Waals surface area (Å²) in [6.07, 6.45) is 8.43. The van der Waals surface area contributed by atoms with Crippen LogP contribution >= 0.6 is 0 Å². The summed E-state index contributed by atoms with van der Waals surface area (Å²) < 4.78 is 2.21. The lowest BCUT2D eigenvalue weighted by molar-refractivity contribution is 0.269. The van der Waals surface area contributed by atoms with Gasteiger partial charge in [-0.15, -0.1) is 0 Å². The molecule has 0 aromatic carbocycles. The molecule has 3 rings (SSSR count). The molecule has 1 aromatic heterocycles. The van der Waals surface area contributed by atoms with Gasteiger partial charge in [0.2, 0.25) is 0 Å². The van der Waals surface area contributed by atoms with Gasteiger partial charge in [0.25, 0.3) is 0 Å². The lowest BCUT2D eigenvalue weighted by Gasteiger charge is -2.32. The van der Waals surface area contributed by atoms with E-state index in [1.165, 1.54) is 12.8 Å². The zero-order valence-electron chi connectivity index (χ0n) is 11.6. The fraction of sp³-hybridized carbons (Fsp3) is 0.714. The van der Waals surface area contributed by atoms with E-state index >= 15 is 0 Å². The number of imidazole rings is 1. The van der Waals surface area contributed by atoms with Crippen molar-refractivity contribution < 1.29 is 0 Å². The van der Waals surface area contributed by atoms with Crippen LogP contribution in [0, 0.1) is 5.92 Å². The van der Waals surface area contributed by atoms with Crippen molar-refractivity contribution in [1.82, 2.24) is 14.5 Å². The highest BCUT2D eigenvalue weighted by Gasteiger charge is 2.22. The van der Waals surface area contributed by atoms with Gasteiger partial charge in [0.1, 0.15) is 5.82 Å². The van der Waals surface area contributed by atoms with Crippen molar-refractivity contribution in [2.45, 2.75) is 45.2 Å². The summed E-state index contributed by atoms with van der Waals surface area (Å²) in [5, 5.41) is 0. The molecule has 2 aliphatic heterocycles. The Morgan fingerprint density at radius 2 is 2.32 bits per heavy atom. The first-order valence-corrected chi connectivity index (χ1v) is 7.30. The quantitative estimate of drug-likeness (QED) is 0.611. The molecule has 1 saturated heterocycles. The number of aromatic nitrogens is 2. The Morgan fingerprint density at radius 1 is 1.42 bits per heavy atom. The standard InChI is InChI=1S/C14H23N5/c1-11-3-2-6-19(10-11)14(15)17-12-4-7-18-8-5-16-13(18)9-12/h5,8,11-12H,2-4,6-7,9-10H2,1H3,(H2,15,17). The summed E-state index contributed by atoms with van der Waals surface area (Å²) in [7, 11) is 0. The number of hydrogen-bond donors (Lipinski definition) is 1. The van der Waals surface area contributed by atoms with Gasteiger partial charge in [-0.2, -0.15) is 0 Å². The minimum atomic E-state index is 0.298. The molecule has 5 heteroatoms. The summed E-state index contributed by atoms with van der Waals surface area (Å²) in [5.41, 5.74) is 6.19. The number of guanidine groups is 1. The first-order chi connectivity index (χ1) is 9.22. The van der Waals surface area contributed by atoms with E-state index in [2.05, 4.69) is 21.4 Å². The van der Waals surface area contributed by atoms with Gasteiger partial charge in [-0.05, 0) is 25.2 Å². The number of nitrogens with zero attached hydrogens (tertiary/aromatic N) is 4. The zero-order chi connectivity index (χ0) is 13.2. The van der Waals surface area contributed by atoms with Crippen molar-refractivity contribution in [1.29, 1.82) is 0 Å². The molecule has 2 aliphatic rings.